The van der Waals surface area contributed by atoms with Crippen molar-refractivity contribution in [3.8, 4) is 5.69 Å². The van der Waals surface area contributed by atoms with Gasteiger partial charge >= 0.3 is 0 Å². The van der Waals surface area contributed by atoms with Crippen molar-refractivity contribution in [3.63, 3.8) is 0 Å². The van der Waals surface area contributed by atoms with Crippen molar-refractivity contribution in [3.05, 3.63) is 59.6 Å². The lowest BCUT2D eigenvalue weighted by Crippen LogP contribution is -2.11. The number of aliphatic hydroxyl groups is 1. The lowest BCUT2D eigenvalue weighted by molar-refractivity contribution is 0.271. The highest BCUT2D eigenvalue weighted by Crippen LogP contribution is 2.40. The zero-order chi connectivity index (χ0) is 17.2. The fourth-order valence-corrected chi connectivity index (χ4v) is 2.87. The zero-order valence-corrected chi connectivity index (χ0v) is 14.1. The van der Waals surface area contributed by atoms with Gasteiger partial charge in [-0.1, -0.05) is 18.2 Å². The smallest absolute Gasteiger partial charge is 0.157 e. The van der Waals surface area contributed by atoms with Gasteiger partial charge in [0.05, 0.1) is 6.54 Å². The average molecular weight is 336 g/mol. The number of nitrogens with one attached hydrogen (secondary N) is 1. The molecule has 0 amide bonds. The topological polar surface area (TPSA) is 88.8 Å². The summed E-state index contributed by atoms with van der Waals surface area (Å²) in [7, 11) is 0. The van der Waals surface area contributed by atoms with E-state index in [4.69, 9.17) is 0 Å². The number of hydrogen-bond donors (Lipinski definition) is 2. The molecule has 3 aromatic rings. The first kappa shape index (κ1) is 15.7. The summed E-state index contributed by atoms with van der Waals surface area (Å²) in [6.07, 6.45) is 2.34. The first-order valence-electron chi connectivity index (χ1n) is 8.43. The first-order chi connectivity index (χ1) is 12.2. The van der Waals surface area contributed by atoms with Crippen molar-refractivity contribution in [2.24, 2.45) is 0 Å². The number of nitrogens with zero attached hydrogens (tertiary/aromatic N) is 5. The van der Waals surface area contributed by atoms with E-state index < -0.39 is 0 Å². The summed E-state index contributed by atoms with van der Waals surface area (Å²) < 4.78 is 2.13. The Morgan fingerprint density at radius 1 is 1.16 bits per heavy atom. The molecule has 1 fully saturated rings. The van der Waals surface area contributed by atoms with E-state index in [1.54, 1.807) is 0 Å². The fourth-order valence-electron chi connectivity index (χ4n) is 2.87. The molecule has 0 bridgehead atoms. The Morgan fingerprint density at radius 2 is 1.96 bits per heavy atom. The molecule has 128 valence electrons. The molecular formula is C18H20N6O. The maximum Gasteiger partial charge on any atom is 0.157 e. The van der Waals surface area contributed by atoms with Gasteiger partial charge in [0.2, 0.25) is 0 Å². The van der Waals surface area contributed by atoms with Crippen molar-refractivity contribution in [2.45, 2.75) is 38.8 Å². The molecule has 0 saturated heterocycles. The molecule has 25 heavy (non-hydrogen) atoms. The number of aromatic nitrogens is 5. The number of hydrogen-bond acceptors (Lipinski definition) is 6. The second-order valence-corrected chi connectivity index (χ2v) is 6.24. The summed E-state index contributed by atoms with van der Waals surface area (Å²) in [4.78, 5) is 8.47. The molecule has 4 rings (SSSR count). The van der Waals surface area contributed by atoms with E-state index in [1.165, 1.54) is 12.8 Å². The number of aryl methyl sites for hydroxylation is 1. The Morgan fingerprint density at radius 3 is 2.68 bits per heavy atom. The predicted molar refractivity (Wildman–Crippen MR) is 93.4 cm³/mol. The molecule has 1 aromatic carbocycles. The van der Waals surface area contributed by atoms with Crippen LogP contribution >= 0.6 is 0 Å². The lowest BCUT2D eigenvalue weighted by Gasteiger charge is -2.11. The Bertz CT molecular complexity index is 873. The highest BCUT2D eigenvalue weighted by atomic mass is 16.3. The first-order valence-corrected chi connectivity index (χ1v) is 8.43. The van der Waals surface area contributed by atoms with E-state index >= 15 is 0 Å². The van der Waals surface area contributed by atoms with Gasteiger partial charge in [0.25, 0.3) is 0 Å². The van der Waals surface area contributed by atoms with Gasteiger partial charge < -0.3 is 10.4 Å². The monoisotopic (exact) mass is 336 g/mol. The Kier molecular flexibility index (Phi) is 4.15. The molecule has 1 aliphatic carbocycles. The van der Waals surface area contributed by atoms with Crippen molar-refractivity contribution < 1.29 is 5.11 Å². The molecule has 2 heterocycles. The number of aliphatic hydroxyl groups excluding tert-OH is 1. The van der Waals surface area contributed by atoms with Gasteiger partial charge in [-0.2, -0.15) is 0 Å². The van der Waals surface area contributed by atoms with Gasteiger partial charge in [0, 0.05) is 23.4 Å². The quantitative estimate of drug-likeness (QED) is 0.718. The molecule has 7 heteroatoms. The van der Waals surface area contributed by atoms with Gasteiger partial charge in [0.1, 0.15) is 18.2 Å². The van der Waals surface area contributed by atoms with Crippen LogP contribution in [0.1, 0.15) is 41.9 Å². The second-order valence-electron chi connectivity index (χ2n) is 6.24. The van der Waals surface area contributed by atoms with Crippen LogP contribution in [0.2, 0.25) is 0 Å². The fraction of sp³-hybridized carbons (Fsp3) is 0.333. The van der Waals surface area contributed by atoms with E-state index in [0.717, 1.165) is 23.0 Å². The number of benzene rings is 1. The van der Waals surface area contributed by atoms with Crippen LogP contribution in [0.15, 0.2) is 36.4 Å². The Labute approximate surface area is 145 Å². The largest absolute Gasteiger partial charge is 0.388 e. The summed E-state index contributed by atoms with van der Waals surface area (Å²) in [6.45, 7) is 2.20. The molecule has 1 saturated carbocycles. The molecule has 0 unspecified atom stereocenters. The summed E-state index contributed by atoms with van der Waals surface area (Å²) in [5.74, 6) is 3.45. The van der Waals surface area contributed by atoms with Crippen LogP contribution in [0.3, 0.4) is 0 Å². The van der Waals surface area contributed by atoms with Gasteiger partial charge in [-0.15, -0.1) is 10.2 Å². The normalized spacial score (nSPS) is 13.8. The van der Waals surface area contributed by atoms with Crippen molar-refractivity contribution in [1.82, 2.24) is 24.7 Å². The minimum atomic E-state index is -0.178. The summed E-state index contributed by atoms with van der Waals surface area (Å²) in [5, 5.41) is 21.3. The summed E-state index contributed by atoms with van der Waals surface area (Å²) in [5.41, 5.74) is 1.88. The van der Waals surface area contributed by atoms with Gasteiger partial charge in [0.15, 0.2) is 11.6 Å². The highest BCUT2D eigenvalue weighted by molar-refractivity contribution is 5.39. The van der Waals surface area contributed by atoms with Crippen molar-refractivity contribution in [1.29, 1.82) is 0 Å². The van der Waals surface area contributed by atoms with Crippen LogP contribution in [-0.2, 0) is 13.2 Å². The van der Waals surface area contributed by atoms with Crippen LogP contribution in [0, 0.1) is 6.92 Å². The number of para-hydroxylation sites is 1. The third-order valence-corrected chi connectivity index (χ3v) is 4.18. The minimum absolute atomic E-state index is 0.178. The second kappa shape index (κ2) is 6.60. The van der Waals surface area contributed by atoms with Gasteiger partial charge in [-0.25, -0.2) is 9.97 Å². The SMILES string of the molecule is Cc1cc(NCc2nnc(C3CC3)n2-c2ccccc2)nc(CO)n1. The molecule has 1 aliphatic rings. The standard InChI is InChI=1S/C18H20N6O/c1-12-9-15(21-16(11-25)20-12)19-10-17-22-23-18(13-7-8-13)24(17)14-5-3-2-4-6-14/h2-6,9,13,25H,7-8,10-11H2,1H3,(H,19,20,21). The molecule has 2 N–H and O–H groups in total. The van der Waals surface area contributed by atoms with E-state index in [2.05, 4.69) is 42.2 Å². The van der Waals surface area contributed by atoms with Crippen LogP contribution < -0.4 is 5.32 Å². The maximum atomic E-state index is 9.26. The minimum Gasteiger partial charge on any atom is -0.388 e. The van der Waals surface area contributed by atoms with Crippen molar-refractivity contribution in [2.75, 3.05) is 5.32 Å². The van der Waals surface area contributed by atoms with E-state index in [9.17, 15) is 5.11 Å². The van der Waals surface area contributed by atoms with Gasteiger partial charge in [-0.05, 0) is 31.9 Å². The Hall–Kier alpha value is -2.80. The van der Waals surface area contributed by atoms with Crippen LogP contribution in [0.25, 0.3) is 5.69 Å². The molecule has 7 nitrogen and oxygen atoms in total. The predicted octanol–water partition coefficient (Wildman–Crippen LogP) is 2.35. The molecular weight excluding hydrogens is 316 g/mol. The van der Waals surface area contributed by atoms with Crippen LogP contribution in [0.4, 0.5) is 5.82 Å². The average Bonchev–Trinajstić information content (AvgIpc) is 3.39. The molecule has 0 spiro atoms. The molecule has 0 atom stereocenters. The van der Waals surface area contributed by atoms with Crippen LogP contribution in [0.5, 0.6) is 0 Å². The molecule has 0 aliphatic heterocycles. The van der Waals surface area contributed by atoms with Crippen molar-refractivity contribution >= 4 is 5.82 Å². The zero-order valence-electron chi connectivity index (χ0n) is 14.1. The molecule has 0 radical (unpaired) electrons. The summed E-state index contributed by atoms with van der Waals surface area (Å²) >= 11 is 0. The highest BCUT2D eigenvalue weighted by Gasteiger charge is 2.30. The summed E-state index contributed by atoms with van der Waals surface area (Å²) in [6, 6.07) is 12.0. The van der Waals surface area contributed by atoms with Crippen LogP contribution in [-0.4, -0.2) is 29.8 Å². The Balaban J connectivity index is 1.62. The van der Waals surface area contributed by atoms with Gasteiger partial charge in [-0.3, -0.25) is 4.57 Å². The number of rotatable bonds is 6. The number of anilines is 1. The third kappa shape index (κ3) is 3.36. The van der Waals surface area contributed by atoms with E-state index in [-0.39, 0.29) is 6.61 Å². The van der Waals surface area contributed by atoms with E-state index in [0.29, 0.717) is 24.1 Å². The maximum absolute atomic E-state index is 9.26. The molecule has 2 aromatic heterocycles. The van der Waals surface area contributed by atoms with E-state index in [1.807, 2.05) is 31.2 Å². The lowest BCUT2D eigenvalue weighted by atomic mass is 10.3. The third-order valence-electron chi connectivity index (χ3n) is 4.18.